The maximum absolute atomic E-state index is 13.0. The van der Waals surface area contributed by atoms with Crippen LogP contribution in [-0.2, 0) is 0 Å². The van der Waals surface area contributed by atoms with E-state index in [9.17, 15) is 8.78 Å². The summed E-state index contributed by atoms with van der Waals surface area (Å²) in [5.41, 5.74) is 0. The Kier molecular flexibility index (Phi) is 3.95. The van der Waals surface area contributed by atoms with E-state index in [2.05, 4.69) is 9.97 Å². The molecule has 0 radical (unpaired) electrons. The molecule has 0 atom stereocenters. The van der Waals surface area contributed by atoms with Crippen molar-refractivity contribution in [3.05, 3.63) is 46.9 Å². The summed E-state index contributed by atoms with van der Waals surface area (Å²) < 4.78 is 31.4. The molecule has 6 heteroatoms. The quantitative estimate of drug-likeness (QED) is 0.787. The maximum atomic E-state index is 13.0. The molecule has 0 aliphatic heterocycles. The Bertz CT molecular complexity index is 585. The van der Waals surface area contributed by atoms with Gasteiger partial charge in [-0.25, -0.2) is 13.8 Å². The van der Waals surface area contributed by atoms with Gasteiger partial charge in [-0.2, -0.15) is 4.98 Å². The third kappa shape index (κ3) is 3.61. The van der Waals surface area contributed by atoms with Gasteiger partial charge in [0.25, 0.3) is 0 Å². The summed E-state index contributed by atoms with van der Waals surface area (Å²) in [7, 11) is 0. The van der Waals surface area contributed by atoms with Gasteiger partial charge in [0.15, 0.2) is 0 Å². The molecule has 100 valence electrons. The molecule has 1 aromatic heterocycles. The van der Waals surface area contributed by atoms with Gasteiger partial charge in [-0.05, 0) is 0 Å². The first-order chi connectivity index (χ1) is 8.94. The molecule has 19 heavy (non-hydrogen) atoms. The third-order valence-corrected chi connectivity index (χ3v) is 2.46. The van der Waals surface area contributed by atoms with Crippen LogP contribution < -0.4 is 4.74 Å². The van der Waals surface area contributed by atoms with Crippen molar-refractivity contribution in [2.24, 2.45) is 0 Å². The summed E-state index contributed by atoms with van der Waals surface area (Å²) in [6, 6.07) is 4.28. The van der Waals surface area contributed by atoms with E-state index in [1.54, 1.807) is 0 Å². The van der Waals surface area contributed by atoms with E-state index >= 15 is 0 Å². The summed E-state index contributed by atoms with van der Waals surface area (Å²) in [5.74, 6) is -0.723. The normalized spacial score (nSPS) is 10.8. The van der Waals surface area contributed by atoms with Crippen LogP contribution in [0.5, 0.6) is 11.6 Å². The summed E-state index contributed by atoms with van der Waals surface area (Å²) in [5, 5.41) is 0.213. The lowest BCUT2D eigenvalue weighted by atomic mass is 10.2. The average molecular weight is 285 g/mol. The second kappa shape index (κ2) is 5.48. The molecular formula is C13H11ClF2N2O. The molecule has 0 amide bonds. The minimum Gasteiger partial charge on any atom is -0.439 e. The molecule has 0 saturated heterocycles. The zero-order valence-electron chi connectivity index (χ0n) is 10.3. The Labute approximate surface area is 114 Å². The zero-order valence-corrected chi connectivity index (χ0v) is 11.1. The molecule has 0 saturated carbocycles. The Morgan fingerprint density at radius 2 is 1.68 bits per heavy atom. The van der Waals surface area contributed by atoms with Crippen molar-refractivity contribution in [3.8, 4) is 11.6 Å². The lowest BCUT2D eigenvalue weighted by Crippen LogP contribution is -2.00. The number of hydrogen-bond donors (Lipinski definition) is 0. The Morgan fingerprint density at radius 1 is 1.05 bits per heavy atom. The van der Waals surface area contributed by atoms with Crippen molar-refractivity contribution < 1.29 is 13.5 Å². The van der Waals surface area contributed by atoms with Gasteiger partial charge in [0.2, 0.25) is 5.88 Å². The minimum absolute atomic E-state index is 0.0157. The molecule has 0 aliphatic rings. The average Bonchev–Trinajstić information content (AvgIpc) is 2.26. The molecule has 0 bridgehead atoms. The van der Waals surface area contributed by atoms with Gasteiger partial charge in [0.05, 0.1) is 0 Å². The first kappa shape index (κ1) is 13.7. The first-order valence-corrected chi connectivity index (χ1v) is 6.00. The fraction of sp³-hybridized carbons (Fsp3) is 0.231. The van der Waals surface area contributed by atoms with E-state index in [0.29, 0.717) is 5.82 Å². The predicted molar refractivity (Wildman–Crippen MR) is 67.6 cm³/mol. The number of benzene rings is 1. The van der Waals surface area contributed by atoms with Crippen molar-refractivity contribution in [1.82, 2.24) is 9.97 Å². The van der Waals surface area contributed by atoms with Crippen molar-refractivity contribution in [2.75, 3.05) is 0 Å². The fourth-order valence-corrected chi connectivity index (χ4v) is 1.61. The highest BCUT2D eigenvalue weighted by Gasteiger charge is 2.09. The number of hydrogen-bond acceptors (Lipinski definition) is 3. The van der Waals surface area contributed by atoms with Crippen molar-refractivity contribution in [1.29, 1.82) is 0 Å². The summed E-state index contributed by atoms with van der Waals surface area (Å²) in [6.07, 6.45) is 0. The molecule has 1 aromatic carbocycles. The van der Waals surface area contributed by atoms with Gasteiger partial charge in [-0.15, -0.1) is 0 Å². The standard InChI is InChI=1S/C13H11ClF2N2O/c1-7(2)13-17-11(14)6-12(18-13)19-10-4-8(15)3-9(16)5-10/h3-7H,1-2H3. The van der Waals surface area contributed by atoms with Crippen molar-refractivity contribution in [2.45, 2.75) is 19.8 Å². The van der Waals surface area contributed by atoms with Crippen LogP contribution in [0.2, 0.25) is 5.15 Å². The maximum Gasteiger partial charge on any atom is 0.224 e. The van der Waals surface area contributed by atoms with Crippen LogP contribution in [0.1, 0.15) is 25.6 Å². The highest BCUT2D eigenvalue weighted by molar-refractivity contribution is 6.29. The molecule has 3 nitrogen and oxygen atoms in total. The highest BCUT2D eigenvalue weighted by Crippen LogP contribution is 2.25. The van der Waals surface area contributed by atoms with Gasteiger partial charge in [-0.3, -0.25) is 0 Å². The molecule has 2 aromatic rings. The van der Waals surface area contributed by atoms with Gasteiger partial charge in [0.1, 0.15) is 28.4 Å². The second-order valence-corrected chi connectivity index (χ2v) is 4.64. The van der Waals surface area contributed by atoms with Crippen LogP contribution >= 0.6 is 11.6 Å². The van der Waals surface area contributed by atoms with Crippen molar-refractivity contribution in [3.63, 3.8) is 0 Å². The summed E-state index contributed by atoms with van der Waals surface area (Å²) >= 11 is 5.84. The van der Waals surface area contributed by atoms with Crippen LogP contribution in [0.3, 0.4) is 0 Å². The van der Waals surface area contributed by atoms with E-state index in [1.807, 2.05) is 13.8 Å². The molecular weight excluding hydrogens is 274 g/mol. The molecule has 0 spiro atoms. The summed E-state index contributed by atoms with van der Waals surface area (Å²) in [6.45, 7) is 3.80. The molecule has 0 fully saturated rings. The molecule has 0 aliphatic carbocycles. The van der Waals surface area contributed by atoms with Crippen LogP contribution in [0.4, 0.5) is 8.78 Å². The largest absolute Gasteiger partial charge is 0.439 e. The van der Waals surface area contributed by atoms with Crippen LogP contribution in [0.15, 0.2) is 24.3 Å². The Morgan fingerprint density at radius 3 is 2.26 bits per heavy atom. The van der Waals surface area contributed by atoms with E-state index in [4.69, 9.17) is 16.3 Å². The van der Waals surface area contributed by atoms with Crippen LogP contribution in [0, 0.1) is 11.6 Å². The fourth-order valence-electron chi connectivity index (χ4n) is 1.43. The predicted octanol–water partition coefficient (Wildman–Crippen LogP) is 4.32. The SMILES string of the molecule is CC(C)c1nc(Cl)cc(Oc2cc(F)cc(F)c2)n1. The van der Waals surface area contributed by atoms with E-state index < -0.39 is 11.6 Å². The smallest absolute Gasteiger partial charge is 0.224 e. The topological polar surface area (TPSA) is 35.0 Å². The van der Waals surface area contributed by atoms with Crippen LogP contribution in [-0.4, -0.2) is 9.97 Å². The number of nitrogens with zero attached hydrogens (tertiary/aromatic N) is 2. The van der Waals surface area contributed by atoms with Crippen molar-refractivity contribution >= 4 is 11.6 Å². The number of ether oxygens (including phenoxy) is 1. The third-order valence-electron chi connectivity index (χ3n) is 2.26. The van der Waals surface area contributed by atoms with Gasteiger partial charge in [-0.1, -0.05) is 25.4 Å². The highest BCUT2D eigenvalue weighted by atomic mass is 35.5. The molecule has 1 heterocycles. The Hall–Kier alpha value is -1.75. The number of aromatic nitrogens is 2. The van der Waals surface area contributed by atoms with Gasteiger partial charge < -0.3 is 4.74 Å². The number of halogens is 3. The molecule has 2 rings (SSSR count). The second-order valence-electron chi connectivity index (χ2n) is 4.25. The molecule has 0 N–H and O–H groups in total. The first-order valence-electron chi connectivity index (χ1n) is 5.62. The van der Waals surface area contributed by atoms with E-state index in [-0.39, 0.29) is 22.7 Å². The monoisotopic (exact) mass is 284 g/mol. The van der Waals surface area contributed by atoms with Gasteiger partial charge in [0, 0.05) is 30.2 Å². The lowest BCUT2D eigenvalue weighted by molar-refractivity contribution is 0.446. The Balaban J connectivity index is 2.32. The lowest BCUT2D eigenvalue weighted by Gasteiger charge is -2.09. The van der Waals surface area contributed by atoms with Gasteiger partial charge >= 0.3 is 0 Å². The van der Waals surface area contributed by atoms with Crippen LogP contribution in [0.25, 0.3) is 0 Å². The minimum atomic E-state index is -0.723. The molecule has 0 unspecified atom stereocenters. The number of rotatable bonds is 3. The van der Waals surface area contributed by atoms with E-state index in [1.165, 1.54) is 6.07 Å². The summed E-state index contributed by atoms with van der Waals surface area (Å²) in [4.78, 5) is 8.16. The van der Waals surface area contributed by atoms with E-state index in [0.717, 1.165) is 18.2 Å². The zero-order chi connectivity index (χ0) is 14.0.